The number of nitrogens with zero attached hydrogens (tertiary/aromatic N) is 2. The van der Waals surface area contributed by atoms with E-state index in [0.717, 1.165) is 11.4 Å². The highest BCUT2D eigenvalue weighted by Gasteiger charge is 2.20. The van der Waals surface area contributed by atoms with E-state index in [2.05, 4.69) is 215 Å². The number of para-hydroxylation sites is 2. The minimum absolute atomic E-state index is 1.15. The number of hydrogen-bond donors (Lipinski definition) is 0. The van der Waals surface area contributed by atoms with Crippen molar-refractivity contribution >= 4 is 54.4 Å². The Bertz CT molecular complexity index is 3170. The quantitative estimate of drug-likeness (QED) is 0.171. The molecule has 2 aromatic heterocycles. The van der Waals surface area contributed by atoms with Crippen LogP contribution in [0.3, 0.4) is 0 Å². The second kappa shape index (κ2) is 12.2. The van der Waals surface area contributed by atoms with E-state index in [1.165, 1.54) is 87.8 Å². The van der Waals surface area contributed by atoms with Crippen LogP contribution in [-0.2, 0) is 0 Å². The summed E-state index contributed by atoms with van der Waals surface area (Å²) in [4.78, 5) is 0. The van der Waals surface area contributed by atoms with E-state index in [9.17, 15) is 0 Å². The number of rotatable bonds is 5. The third-order valence-corrected chi connectivity index (χ3v) is 11.1. The molecule has 0 radical (unpaired) electrons. The lowest BCUT2D eigenvalue weighted by atomic mass is 10.0. The molecule has 0 N–H and O–H groups in total. The van der Waals surface area contributed by atoms with Crippen molar-refractivity contribution in [2.75, 3.05) is 0 Å². The predicted octanol–water partition coefficient (Wildman–Crippen LogP) is 14.0. The molecule has 0 aliphatic carbocycles. The lowest BCUT2D eigenvalue weighted by molar-refractivity contribution is 1.17. The summed E-state index contributed by atoms with van der Waals surface area (Å²) < 4.78 is 4.87. The molecule has 0 fully saturated rings. The van der Waals surface area contributed by atoms with Crippen LogP contribution in [0.4, 0.5) is 0 Å². The molecule has 0 atom stereocenters. The Morgan fingerprint density at radius 1 is 0.241 bits per heavy atom. The van der Waals surface area contributed by atoms with Crippen molar-refractivity contribution in [2.24, 2.45) is 0 Å². The molecule has 11 aromatic rings. The van der Waals surface area contributed by atoms with E-state index in [4.69, 9.17) is 0 Å². The van der Waals surface area contributed by atoms with Crippen LogP contribution >= 0.6 is 0 Å². The van der Waals surface area contributed by atoms with Crippen LogP contribution < -0.4 is 0 Å². The van der Waals surface area contributed by atoms with Gasteiger partial charge >= 0.3 is 0 Å². The molecule has 0 saturated heterocycles. The molecular formula is C52H34N2. The van der Waals surface area contributed by atoms with Crippen molar-refractivity contribution in [1.82, 2.24) is 9.13 Å². The highest BCUT2D eigenvalue weighted by atomic mass is 15.0. The summed E-state index contributed by atoms with van der Waals surface area (Å²) in [6, 6.07) is 75.1. The SMILES string of the molecule is c1ccc(-c2ccc(-c3ccc(-n4c5ccccc5c5c6c7ccccc7n(-c7ccc8cc(-c9ccccc9)ccc8c7)c6ccc54)cc3)cc2)cc1. The molecule has 0 unspecified atom stereocenters. The van der Waals surface area contributed by atoms with Crippen molar-refractivity contribution < 1.29 is 0 Å². The van der Waals surface area contributed by atoms with Gasteiger partial charge in [-0.05, 0) is 98.8 Å². The molecule has 2 nitrogen and oxygen atoms in total. The zero-order valence-corrected chi connectivity index (χ0v) is 29.5. The second-order valence-electron chi connectivity index (χ2n) is 14.2. The van der Waals surface area contributed by atoms with Crippen LogP contribution in [0.25, 0.3) is 99.1 Å². The molecular weight excluding hydrogens is 653 g/mol. The number of benzene rings is 9. The van der Waals surface area contributed by atoms with Crippen LogP contribution in [0.2, 0.25) is 0 Å². The van der Waals surface area contributed by atoms with Gasteiger partial charge in [0, 0.05) is 32.9 Å². The lowest BCUT2D eigenvalue weighted by Crippen LogP contribution is -1.95. The minimum Gasteiger partial charge on any atom is -0.309 e. The summed E-state index contributed by atoms with van der Waals surface area (Å²) in [5.41, 5.74) is 14.5. The Morgan fingerprint density at radius 3 is 1.20 bits per heavy atom. The molecule has 0 saturated carbocycles. The van der Waals surface area contributed by atoms with Crippen LogP contribution in [0.1, 0.15) is 0 Å². The standard InChI is InChI=1S/C52H34N2/c1-3-11-35(12-4-1)37-19-21-38(22-20-37)39-25-28-43(29-26-39)53-47-17-9-7-15-45(47)51-49(53)31-32-50-52(51)46-16-8-10-18-48(46)54(50)44-30-27-41-33-40(23-24-42(41)34-44)36-13-5-2-6-14-36/h1-34H. The van der Waals surface area contributed by atoms with Crippen molar-refractivity contribution in [2.45, 2.75) is 0 Å². The number of fused-ring (bicyclic) bond motifs is 8. The van der Waals surface area contributed by atoms with E-state index in [-0.39, 0.29) is 0 Å². The molecule has 0 amide bonds. The smallest absolute Gasteiger partial charge is 0.0548 e. The van der Waals surface area contributed by atoms with Gasteiger partial charge in [-0.1, -0.05) is 152 Å². The predicted molar refractivity (Wildman–Crippen MR) is 229 cm³/mol. The van der Waals surface area contributed by atoms with Crippen LogP contribution in [0.5, 0.6) is 0 Å². The third-order valence-electron chi connectivity index (χ3n) is 11.1. The first-order chi connectivity index (χ1) is 26.8. The van der Waals surface area contributed by atoms with Gasteiger partial charge in [0.1, 0.15) is 0 Å². The zero-order valence-electron chi connectivity index (χ0n) is 29.5. The molecule has 54 heavy (non-hydrogen) atoms. The molecule has 9 aromatic carbocycles. The average molecular weight is 687 g/mol. The zero-order chi connectivity index (χ0) is 35.6. The molecule has 0 aliphatic rings. The van der Waals surface area contributed by atoms with Gasteiger partial charge in [0.15, 0.2) is 0 Å². The van der Waals surface area contributed by atoms with Crippen molar-refractivity contribution in [3.05, 3.63) is 206 Å². The molecule has 2 heterocycles. The topological polar surface area (TPSA) is 9.86 Å². The second-order valence-corrected chi connectivity index (χ2v) is 14.2. The number of aromatic nitrogens is 2. The van der Waals surface area contributed by atoms with E-state index in [1.54, 1.807) is 0 Å². The normalized spacial score (nSPS) is 11.7. The molecule has 11 rings (SSSR count). The fourth-order valence-corrected chi connectivity index (χ4v) is 8.55. The van der Waals surface area contributed by atoms with Gasteiger partial charge in [-0.25, -0.2) is 0 Å². The molecule has 2 heteroatoms. The third kappa shape index (κ3) is 4.81. The Kier molecular flexibility index (Phi) is 6.90. The summed E-state index contributed by atoms with van der Waals surface area (Å²) in [5, 5.41) is 7.55. The largest absolute Gasteiger partial charge is 0.309 e. The van der Waals surface area contributed by atoms with Gasteiger partial charge in [-0.15, -0.1) is 0 Å². The molecule has 0 bridgehead atoms. The van der Waals surface area contributed by atoms with E-state index in [1.807, 2.05) is 0 Å². The van der Waals surface area contributed by atoms with E-state index < -0.39 is 0 Å². The maximum absolute atomic E-state index is 2.44. The highest BCUT2D eigenvalue weighted by Crippen LogP contribution is 2.43. The van der Waals surface area contributed by atoms with Crippen LogP contribution in [0.15, 0.2) is 206 Å². The van der Waals surface area contributed by atoms with Crippen molar-refractivity contribution in [1.29, 1.82) is 0 Å². The maximum Gasteiger partial charge on any atom is 0.0548 e. The average Bonchev–Trinajstić information content (AvgIpc) is 3.77. The van der Waals surface area contributed by atoms with Crippen molar-refractivity contribution in [3.8, 4) is 44.8 Å². The van der Waals surface area contributed by atoms with Crippen LogP contribution in [0, 0.1) is 0 Å². The van der Waals surface area contributed by atoms with Gasteiger partial charge in [-0.2, -0.15) is 0 Å². The lowest BCUT2D eigenvalue weighted by Gasteiger charge is -2.11. The summed E-state index contributed by atoms with van der Waals surface area (Å²) in [6.45, 7) is 0. The maximum atomic E-state index is 2.44. The highest BCUT2D eigenvalue weighted by molar-refractivity contribution is 6.29. The first-order valence-electron chi connectivity index (χ1n) is 18.6. The summed E-state index contributed by atoms with van der Waals surface area (Å²) >= 11 is 0. The molecule has 0 spiro atoms. The van der Waals surface area contributed by atoms with Gasteiger partial charge in [0.05, 0.1) is 22.1 Å². The van der Waals surface area contributed by atoms with E-state index in [0.29, 0.717) is 0 Å². The Balaban J connectivity index is 1.05. The minimum atomic E-state index is 1.15. The Hall–Kier alpha value is -7.16. The molecule has 0 aliphatic heterocycles. The van der Waals surface area contributed by atoms with Crippen LogP contribution in [-0.4, -0.2) is 9.13 Å². The Morgan fingerprint density at radius 2 is 0.630 bits per heavy atom. The van der Waals surface area contributed by atoms with Gasteiger partial charge < -0.3 is 9.13 Å². The van der Waals surface area contributed by atoms with Gasteiger partial charge in [0.2, 0.25) is 0 Å². The number of hydrogen-bond acceptors (Lipinski definition) is 0. The monoisotopic (exact) mass is 686 g/mol. The molecule has 252 valence electrons. The van der Waals surface area contributed by atoms with Gasteiger partial charge in [-0.3, -0.25) is 0 Å². The van der Waals surface area contributed by atoms with Gasteiger partial charge in [0.25, 0.3) is 0 Å². The first-order valence-corrected chi connectivity index (χ1v) is 18.6. The van der Waals surface area contributed by atoms with Crippen molar-refractivity contribution in [3.63, 3.8) is 0 Å². The van der Waals surface area contributed by atoms with E-state index >= 15 is 0 Å². The summed E-state index contributed by atoms with van der Waals surface area (Å²) in [7, 11) is 0. The fourth-order valence-electron chi connectivity index (χ4n) is 8.55. The Labute approximate surface area is 313 Å². The summed E-state index contributed by atoms with van der Waals surface area (Å²) in [5.74, 6) is 0. The first kappa shape index (κ1) is 30.5. The summed E-state index contributed by atoms with van der Waals surface area (Å²) in [6.07, 6.45) is 0. The fraction of sp³-hybridized carbons (Fsp3) is 0.